The molecule has 0 saturated carbocycles. The van der Waals surface area contributed by atoms with Gasteiger partial charge < -0.3 is 14.4 Å². The molecule has 1 spiro atoms. The van der Waals surface area contributed by atoms with Crippen molar-refractivity contribution in [2.75, 3.05) is 26.2 Å². The number of hydrogen-bond acceptors (Lipinski definition) is 2. The van der Waals surface area contributed by atoms with Gasteiger partial charge in [-0.25, -0.2) is 0 Å². The zero-order chi connectivity index (χ0) is 18.2. The van der Waals surface area contributed by atoms with Gasteiger partial charge in [-0.2, -0.15) is 0 Å². The summed E-state index contributed by atoms with van der Waals surface area (Å²) in [5, 5.41) is 0. The largest absolute Gasteiger partial charge is 0.349 e. The minimum atomic E-state index is -0.334. The Labute approximate surface area is 151 Å². The Morgan fingerprint density at radius 2 is 1.96 bits per heavy atom. The van der Waals surface area contributed by atoms with E-state index in [1.807, 2.05) is 29.7 Å². The molecule has 2 aliphatic heterocycles. The number of hydrogen-bond donors (Lipinski definition) is 0. The molecule has 0 N–H and O–H groups in total. The molecule has 2 fully saturated rings. The lowest BCUT2D eigenvalue weighted by atomic mass is 9.78. The van der Waals surface area contributed by atoms with Crippen molar-refractivity contribution in [2.45, 2.75) is 59.9 Å². The summed E-state index contributed by atoms with van der Waals surface area (Å²) in [4.78, 5) is 30.0. The third kappa shape index (κ3) is 2.98. The number of rotatable bonds is 4. The molecule has 5 heteroatoms. The van der Waals surface area contributed by atoms with Gasteiger partial charge in [-0.15, -0.1) is 0 Å². The van der Waals surface area contributed by atoms with E-state index in [0.717, 1.165) is 62.3 Å². The van der Waals surface area contributed by atoms with Crippen LogP contribution in [-0.4, -0.2) is 52.4 Å². The lowest BCUT2D eigenvalue weighted by Gasteiger charge is -2.39. The Morgan fingerprint density at radius 1 is 1.20 bits per heavy atom. The van der Waals surface area contributed by atoms with Gasteiger partial charge >= 0.3 is 0 Å². The third-order valence-electron chi connectivity index (χ3n) is 6.08. The summed E-state index contributed by atoms with van der Waals surface area (Å²) in [5.74, 6) is 0.361. The predicted octanol–water partition coefficient (Wildman–Crippen LogP) is 2.99. The first-order valence-corrected chi connectivity index (χ1v) is 9.69. The molecule has 1 unspecified atom stereocenters. The average Bonchev–Trinajstić information content (AvgIpc) is 3.14. The highest BCUT2D eigenvalue weighted by molar-refractivity contribution is 5.97. The maximum atomic E-state index is 13.1. The number of aryl methyl sites for hydroxylation is 1. The van der Waals surface area contributed by atoms with Gasteiger partial charge in [0.2, 0.25) is 5.91 Å². The zero-order valence-electron chi connectivity index (χ0n) is 16.1. The molecule has 2 saturated heterocycles. The first-order chi connectivity index (χ1) is 11.9. The number of carbonyl (C=O) groups is 2. The quantitative estimate of drug-likeness (QED) is 0.842. The van der Waals surface area contributed by atoms with E-state index in [2.05, 4.69) is 18.4 Å². The standard InChI is InChI=1S/C20H31N3O2/c1-5-10-21-11-7-8-20(19(21)25)9-12-22(14-20)18(24)17-13-15(3)23(6-2)16(17)4/h13H,5-12,14H2,1-4H3. The number of likely N-dealkylation sites (tertiary alicyclic amines) is 2. The predicted molar refractivity (Wildman–Crippen MR) is 98.6 cm³/mol. The van der Waals surface area contributed by atoms with Crippen molar-refractivity contribution in [1.29, 1.82) is 0 Å². The number of aromatic nitrogens is 1. The van der Waals surface area contributed by atoms with Crippen LogP contribution in [-0.2, 0) is 11.3 Å². The number of piperidine rings is 1. The van der Waals surface area contributed by atoms with E-state index in [1.54, 1.807) is 0 Å². The maximum absolute atomic E-state index is 13.1. The summed E-state index contributed by atoms with van der Waals surface area (Å²) in [6.45, 7) is 12.1. The molecule has 138 valence electrons. The van der Waals surface area contributed by atoms with Crippen molar-refractivity contribution >= 4 is 11.8 Å². The van der Waals surface area contributed by atoms with Crippen molar-refractivity contribution in [2.24, 2.45) is 5.41 Å². The van der Waals surface area contributed by atoms with Crippen LogP contribution in [0.15, 0.2) is 6.07 Å². The summed E-state index contributed by atoms with van der Waals surface area (Å²) < 4.78 is 2.17. The van der Waals surface area contributed by atoms with Gasteiger partial charge in [0.15, 0.2) is 0 Å². The molecule has 25 heavy (non-hydrogen) atoms. The average molecular weight is 345 g/mol. The van der Waals surface area contributed by atoms with Crippen molar-refractivity contribution in [3.05, 3.63) is 23.0 Å². The first-order valence-electron chi connectivity index (χ1n) is 9.69. The Balaban J connectivity index is 1.78. The molecule has 2 amide bonds. The van der Waals surface area contributed by atoms with Crippen LogP contribution in [0.3, 0.4) is 0 Å². The number of amides is 2. The molecule has 2 aliphatic rings. The first kappa shape index (κ1) is 18.0. The molecule has 3 heterocycles. The SMILES string of the molecule is CCCN1CCCC2(CCN(C(=O)c3cc(C)n(CC)c3C)C2)C1=O. The summed E-state index contributed by atoms with van der Waals surface area (Å²) in [6.07, 6.45) is 3.78. The maximum Gasteiger partial charge on any atom is 0.255 e. The van der Waals surface area contributed by atoms with Crippen molar-refractivity contribution in [3.63, 3.8) is 0 Å². The van der Waals surface area contributed by atoms with Crippen LogP contribution >= 0.6 is 0 Å². The highest BCUT2D eigenvalue weighted by Gasteiger charge is 2.49. The summed E-state index contributed by atoms with van der Waals surface area (Å²) >= 11 is 0. The highest BCUT2D eigenvalue weighted by Crippen LogP contribution is 2.40. The number of nitrogens with zero attached hydrogens (tertiary/aromatic N) is 3. The summed E-state index contributed by atoms with van der Waals surface area (Å²) in [6, 6.07) is 2.00. The second-order valence-corrected chi connectivity index (χ2v) is 7.68. The van der Waals surface area contributed by atoms with Gasteiger partial charge in [-0.05, 0) is 52.5 Å². The fourth-order valence-electron chi connectivity index (χ4n) is 4.73. The van der Waals surface area contributed by atoms with E-state index >= 15 is 0 Å². The second-order valence-electron chi connectivity index (χ2n) is 7.68. The fraction of sp³-hybridized carbons (Fsp3) is 0.700. The molecule has 0 aromatic carbocycles. The van der Waals surface area contributed by atoms with E-state index in [-0.39, 0.29) is 17.2 Å². The Kier molecular flexibility index (Phi) is 4.94. The Bertz CT molecular complexity index is 677. The molecule has 0 radical (unpaired) electrons. The molecule has 0 aliphatic carbocycles. The minimum Gasteiger partial charge on any atom is -0.349 e. The lowest BCUT2D eigenvalue weighted by molar-refractivity contribution is -0.145. The van der Waals surface area contributed by atoms with Crippen LogP contribution in [0, 0.1) is 19.3 Å². The molecular weight excluding hydrogens is 314 g/mol. The molecule has 5 nitrogen and oxygen atoms in total. The van der Waals surface area contributed by atoms with E-state index < -0.39 is 0 Å². The second kappa shape index (κ2) is 6.85. The Hall–Kier alpha value is -1.78. The van der Waals surface area contributed by atoms with Crippen molar-refractivity contribution in [3.8, 4) is 0 Å². The van der Waals surface area contributed by atoms with Gasteiger partial charge in [0.1, 0.15) is 0 Å². The van der Waals surface area contributed by atoms with Gasteiger partial charge in [0.25, 0.3) is 5.91 Å². The van der Waals surface area contributed by atoms with Gasteiger partial charge in [0.05, 0.1) is 11.0 Å². The van der Waals surface area contributed by atoms with Crippen LogP contribution in [0.25, 0.3) is 0 Å². The van der Waals surface area contributed by atoms with Crippen LogP contribution in [0.5, 0.6) is 0 Å². The molecule has 0 bridgehead atoms. The summed E-state index contributed by atoms with van der Waals surface area (Å²) in [7, 11) is 0. The fourth-order valence-corrected chi connectivity index (χ4v) is 4.73. The van der Waals surface area contributed by atoms with E-state index in [9.17, 15) is 9.59 Å². The van der Waals surface area contributed by atoms with E-state index in [1.165, 1.54) is 0 Å². The highest BCUT2D eigenvalue weighted by atomic mass is 16.2. The summed E-state index contributed by atoms with van der Waals surface area (Å²) in [5.41, 5.74) is 2.62. The van der Waals surface area contributed by atoms with Crippen LogP contribution < -0.4 is 0 Å². The monoisotopic (exact) mass is 345 g/mol. The van der Waals surface area contributed by atoms with E-state index in [0.29, 0.717) is 13.1 Å². The number of carbonyl (C=O) groups excluding carboxylic acids is 2. The Morgan fingerprint density at radius 3 is 2.60 bits per heavy atom. The van der Waals surface area contributed by atoms with Crippen molar-refractivity contribution < 1.29 is 9.59 Å². The lowest BCUT2D eigenvalue weighted by Crippen LogP contribution is -2.50. The van der Waals surface area contributed by atoms with E-state index in [4.69, 9.17) is 0 Å². The molecule has 1 atom stereocenters. The van der Waals surface area contributed by atoms with Gasteiger partial charge in [-0.3, -0.25) is 9.59 Å². The van der Waals surface area contributed by atoms with Crippen LogP contribution in [0.4, 0.5) is 0 Å². The third-order valence-corrected chi connectivity index (χ3v) is 6.08. The topological polar surface area (TPSA) is 45.5 Å². The smallest absolute Gasteiger partial charge is 0.255 e. The van der Waals surface area contributed by atoms with Crippen LogP contribution in [0.1, 0.15) is 61.3 Å². The molecule has 1 aromatic heterocycles. The molecule has 3 rings (SSSR count). The normalized spacial score (nSPS) is 23.8. The van der Waals surface area contributed by atoms with Gasteiger partial charge in [-0.1, -0.05) is 6.92 Å². The minimum absolute atomic E-state index is 0.0880. The van der Waals surface area contributed by atoms with Crippen molar-refractivity contribution in [1.82, 2.24) is 14.4 Å². The molecule has 1 aromatic rings. The zero-order valence-corrected chi connectivity index (χ0v) is 16.1. The van der Waals surface area contributed by atoms with Crippen LogP contribution in [0.2, 0.25) is 0 Å². The van der Waals surface area contributed by atoms with Gasteiger partial charge in [0, 0.05) is 44.1 Å². The molecular formula is C20H31N3O2.